The third-order valence-electron chi connectivity index (χ3n) is 0.955. The molecule has 0 saturated carbocycles. The second-order valence-corrected chi connectivity index (χ2v) is 3.65. The molecule has 54 valence electrons. The Morgan fingerprint density at radius 1 is 1.80 bits per heavy atom. The van der Waals surface area contributed by atoms with Gasteiger partial charge in [0.25, 0.3) is 5.91 Å². The molecule has 0 aliphatic rings. The van der Waals surface area contributed by atoms with Gasteiger partial charge in [-0.1, -0.05) is 0 Å². The van der Waals surface area contributed by atoms with Crippen LogP contribution in [0.15, 0.2) is 11.4 Å². The highest BCUT2D eigenvalue weighted by Crippen LogP contribution is 2.17. The van der Waals surface area contributed by atoms with E-state index in [9.17, 15) is 4.79 Å². The molecule has 1 aromatic rings. The molecule has 0 bridgehead atoms. The number of carbonyl (C=O) groups is 1. The number of amides is 1. The van der Waals surface area contributed by atoms with E-state index in [1.165, 1.54) is 11.3 Å². The zero-order chi connectivity index (χ0) is 7.56. The molecule has 0 atom stereocenters. The maximum absolute atomic E-state index is 10.9. The maximum Gasteiger partial charge on any atom is 0.276 e. The first-order valence-corrected chi connectivity index (χ1v) is 4.45. The van der Waals surface area contributed by atoms with Crippen molar-refractivity contribution in [3.05, 3.63) is 19.9 Å². The number of hydrazine groups is 1. The van der Waals surface area contributed by atoms with Gasteiger partial charge < -0.3 is 0 Å². The van der Waals surface area contributed by atoms with Crippen LogP contribution in [0.5, 0.6) is 0 Å². The van der Waals surface area contributed by atoms with Gasteiger partial charge in [-0.3, -0.25) is 10.2 Å². The number of carbonyl (C=O) groups excluding carboxylic acids is 1. The first kappa shape index (κ1) is 7.96. The molecular formula is C5H5IN2OS. The fourth-order valence-electron chi connectivity index (χ4n) is 0.521. The van der Waals surface area contributed by atoms with Gasteiger partial charge in [0.2, 0.25) is 0 Å². The van der Waals surface area contributed by atoms with Crippen molar-refractivity contribution in [3.8, 4) is 0 Å². The normalized spacial score (nSPS) is 9.40. The van der Waals surface area contributed by atoms with Crippen LogP contribution < -0.4 is 11.3 Å². The smallest absolute Gasteiger partial charge is 0.276 e. The van der Waals surface area contributed by atoms with Gasteiger partial charge in [-0.05, 0) is 34.0 Å². The summed E-state index contributed by atoms with van der Waals surface area (Å²) >= 11 is 3.47. The van der Waals surface area contributed by atoms with Crippen molar-refractivity contribution in [1.29, 1.82) is 0 Å². The Hall–Kier alpha value is -0.140. The number of thiophene rings is 1. The molecule has 1 aromatic heterocycles. The van der Waals surface area contributed by atoms with Crippen molar-refractivity contribution >= 4 is 39.8 Å². The van der Waals surface area contributed by atoms with Gasteiger partial charge in [0.15, 0.2) is 0 Å². The highest BCUT2D eigenvalue weighted by atomic mass is 127. The van der Waals surface area contributed by atoms with E-state index < -0.39 is 0 Å². The fourth-order valence-corrected chi connectivity index (χ4v) is 2.26. The molecule has 0 aliphatic carbocycles. The average molecular weight is 268 g/mol. The van der Waals surface area contributed by atoms with Gasteiger partial charge in [-0.15, -0.1) is 11.3 Å². The molecule has 0 fully saturated rings. The van der Waals surface area contributed by atoms with Crippen LogP contribution in [0, 0.1) is 3.57 Å². The minimum Gasteiger partial charge on any atom is -0.289 e. The predicted molar refractivity (Wildman–Crippen MR) is 48.7 cm³/mol. The summed E-state index contributed by atoms with van der Waals surface area (Å²) in [4.78, 5) is 11.5. The molecule has 1 heterocycles. The number of hydrogen-bond donors (Lipinski definition) is 2. The number of nitrogens with two attached hydrogens (primary N) is 1. The maximum atomic E-state index is 10.9. The Morgan fingerprint density at radius 3 is 2.90 bits per heavy atom. The van der Waals surface area contributed by atoms with E-state index in [0.29, 0.717) is 4.88 Å². The minimum atomic E-state index is -0.223. The van der Waals surface area contributed by atoms with Crippen LogP contribution in [-0.2, 0) is 0 Å². The first-order valence-electron chi connectivity index (χ1n) is 2.49. The van der Waals surface area contributed by atoms with E-state index in [4.69, 9.17) is 5.84 Å². The van der Waals surface area contributed by atoms with E-state index in [1.54, 1.807) is 0 Å². The van der Waals surface area contributed by atoms with E-state index in [1.807, 2.05) is 11.4 Å². The Morgan fingerprint density at radius 2 is 2.50 bits per heavy atom. The molecule has 0 radical (unpaired) electrons. The monoisotopic (exact) mass is 268 g/mol. The lowest BCUT2D eigenvalue weighted by molar-refractivity contribution is 0.0957. The number of nitrogens with one attached hydrogen (secondary N) is 1. The molecule has 3 N–H and O–H groups in total. The Balaban J connectivity index is 2.93. The van der Waals surface area contributed by atoms with Crippen molar-refractivity contribution in [2.24, 2.45) is 5.84 Å². The first-order chi connectivity index (χ1) is 4.75. The van der Waals surface area contributed by atoms with E-state index in [2.05, 4.69) is 28.0 Å². The topological polar surface area (TPSA) is 55.1 Å². The quantitative estimate of drug-likeness (QED) is 0.345. The second-order valence-electron chi connectivity index (χ2n) is 1.57. The number of hydrogen-bond acceptors (Lipinski definition) is 3. The molecule has 10 heavy (non-hydrogen) atoms. The molecule has 0 aromatic carbocycles. The highest BCUT2D eigenvalue weighted by molar-refractivity contribution is 14.1. The van der Waals surface area contributed by atoms with Gasteiger partial charge in [-0.25, -0.2) is 5.84 Å². The lowest BCUT2D eigenvalue weighted by atomic mass is 10.4. The largest absolute Gasteiger partial charge is 0.289 e. The third kappa shape index (κ3) is 1.47. The summed E-state index contributed by atoms with van der Waals surface area (Å²) in [6, 6.07) is 1.87. The van der Waals surface area contributed by atoms with Crippen molar-refractivity contribution in [1.82, 2.24) is 5.43 Å². The summed E-state index contributed by atoms with van der Waals surface area (Å²) in [7, 11) is 0. The van der Waals surface area contributed by atoms with E-state index >= 15 is 0 Å². The van der Waals surface area contributed by atoms with Gasteiger partial charge >= 0.3 is 0 Å². The Labute approximate surface area is 75.7 Å². The van der Waals surface area contributed by atoms with Crippen molar-refractivity contribution in [2.75, 3.05) is 0 Å². The zero-order valence-corrected chi connectivity index (χ0v) is 7.90. The standard InChI is InChI=1S/C5H5IN2OS/c6-3-1-2-10-4(3)5(9)8-7/h1-2H,7H2,(H,8,9). The van der Waals surface area contributed by atoms with Crippen molar-refractivity contribution < 1.29 is 4.79 Å². The molecule has 5 heteroatoms. The Bertz CT molecular complexity index is 248. The van der Waals surface area contributed by atoms with Crippen LogP contribution in [0.25, 0.3) is 0 Å². The second kappa shape index (κ2) is 3.31. The number of halogens is 1. The molecule has 0 unspecified atom stereocenters. The average Bonchev–Trinajstić information content (AvgIpc) is 2.34. The zero-order valence-electron chi connectivity index (χ0n) is 4.93. The van der Waals surface area contributed by atoms with Crippen LogP contribution >= 0.6 is 33.9 Å². The summed E-state index contributed by atoms with van der Waals surface area (Å²) in [6.07, 6.45) is 0. The minimum absolute atomic E-state index is 0.223. The van der Waals surface area contributed by atoms with Crippen LogP contribution in [-0.4, -0.2) is 5.91 Å². The summed E-state index contributed by atoms with van der Waals surface area (Å²) in [5.41, 5.74) is 2.07. The summed E-state index contributed by atoms with van der Waals surface area (Å²) in [5.74, 6) is 4.71. The molecule has 1 rings (SSSR count). The van der Waals surface area contributed by atoms with Gasteiger partial charge in [0.05, 0.1) is 0 Å². The lowest BCUT2D eigenvalue weighted by Crippen LogP contribution is -2.29. The van der Waals surface area contributed by atoms with Gasteiger partial charge in [0, 0.05) is 3.57 Å². The SMILES string of the molecule is NNC(=O)c1sccc1I. The summed E-state index contributed by atoms with van der Waals surface area (Å²) in [5, 5.41) is 1.85. The third-order valence-corrected chi connectivity index (χ3v) is 3.13. The van der Waals surface area contributed by atoms with Crippen LogP contribution in [0.3, 0.4) is 0 Å². The summed E-state index contributed by atoms with van der Waals surface area (Å²) in [6.45, 7) is 0. The number of rotatable bonds is 1. The molecule has 0 aliphatic heterocycles. The molecule has 0 saturated heterocycles. The lowest BCUT2D eigenvalue weighted by Gasteiger charge is -1.93. The number of nitrogen functional groups attached to an aromatic ring is 1. The van der Waals surface area contributed by atoms with E-state index in [0.717, 1.165) is 3.57 Å². The highest BCUT2D eigenvalue weighted by Gasteiger charge is 2.08. The fraction of sp³-hybridized carbons (Fsp3) is 0. The molecule has 0 spiro atoms. The molecular weight excluding hydrogens is 263 g/mol. The van der Waals surface area contributed by atoms with E-state index in [-0.39, 0.29) is 5.91 Å². The Kier molecular flexibility index (Phi) is 2.64. The van der Waals surface area contributed by atoms with Gasteiger partial charge in [-0.2, -0.15) is 0 Å². The van der Waals surface area contributed by atoms with Crippen molar-refractivity contribution in [2.45, 2.75) is 0 Å². The summed E-state index contributed by atoms with van der Waals surface area (Å²) < 4.78 is 0.936. The predicted octanol–water partition coefficient (Wildman–Crippen LogP) is 0.956. The van der Waals surface area contributed by atoms with Crippen LogP contribution in [0.4, 0.5) is 0 Å². The van der Waals surface area contributed by atoms with Gasteiger partial charge in [0.1, 0.15) is 4.88 Å². The van der Waals surface area contributed by atoms with Crippen LogP contribution in [0.2, 0.25) is 0 Å². The van der Waals surface area contributed by atoms with Crippen molar-refractivity contribution in [3.63, 3.8) is 0 Å². The molecule has 1 amide bonds. The molecule has 3 nitrogen and oxygen atoms in total. The van der Waals surface area contributed by atoms with Crippen LogP contribution in [0.1, 0.15) is 9.67 Å².